The van der Waals surface area contributed by atoms with E-state index in [4.69, 9.17) is 0 Å². The second-order valence-electron chi connectivity index (χ2n) is 8.72. The molecule has 4 rings (SSSR count). The molecule has 0 aromatic heterocycles. The first kappa shape index (κ1) is 19.6. The highest BCUT2D eigenvalue weighted by Crippen LogP contribution is 2.67. The molecule has 4 aliphatic rings. The van der Waals surface area contributed by atoms with Crippen LogP contribution in [0.3, 0.4) is 0 Å². The molecule has 0 unspecified atom stereocenters. The molecule has 4 aliphatic carbocycles. The summed E-state index contributed by atoms with van der Waals surface area (Å²) in [6, 6.07) is 0. The summed E-state index contributed by atoms with van der Waals surface area (Å²) in [4.78, 5) is 25.3. The van der Waals surface area contributed by atoms with Gasteiger partial charge in [-0.25, -0.2) is 0 Å². The highest BCUT2D eigenvalue weighted by Gasteiger charge is 2.63. The summed E-state index contributed by atoms with van der Waals surface area (Å²) in [6.45, 7) is 2.21. The molecule has 0 aliphatic heterocycles. The van der Waals surface area contributed by atoms with Gasteiger partial charge in [-0.15, -0.1) is 0 Å². The predicted octanol–water partition coefficient (Wildman–Crippen LogP) is 5.60. The Morgan fingerprint density at radius 1 is 1.19 bits per heavy atom. The standard InChI is InChI=1S/C21H23Br2IO2/c1-20-8-6-14-17(13(20)3-4-16(20)26)19(23)18(22)15-11-12(25)5-9-21(14,15)7-2-10-24/h11,13-14,17-19H,3-9H2,1H3/t13-,14-,17-,18-,19-,20-,21+/m0/s1. The molecule has 3 fully saturated rings. The summed E-state index contributed by atoms with van der Waals surface area (Å²) < 4.78 is 3.06. The number of hydrogen-bond acceptors (Lipinski definition) is 2. The van der Waals surface area contributed by atoms with Gasteiger partial charge in [0.05, 0.1) is 0 Å². The average Bonchev–Trinajstić information content (AvgIpc) is 2.93. The van der Waals surface area contributed by atoms with Gasteiger partial charge in [-0.1, -0.05) is 44.7 Å². The molecule has 0 aromatic rings. The number of ketones is 2. The summed E-state index contributed by atoms with van der Waals surface area (Å²) in [5.74, 6) is 5.48. The van der Waals surface area contributed by atoms with Gasteiger partial charge >= 0.3 is 0 Å². The van der Waals surface area contributed by atoms with Crippen molar-refractivity contribution in [2.75, 3.05) is 0 Å². The Kier molecular flexibility index (Phi) is 5.28. The third-order valence-corrected chi connectivity index (χ3v) is 11.2. The maximum atomic E-state index is 12.7. The van der Waals surface area contributed by atoms with Crippen LogP contribution in [0.4, 0.5) is 0 Å². The molecular weight excluding hydrogens is 571 g/mol. The van der Waals surface area contributed by atoms with Gasteiger partial charge < -0.3 is 0 Å². The Morgan fingerprint density at radius 3 is 2.69 bits per heavy atom. The first-order valence-electron chi connectivity index (χ1n) is 9.50. The second kappa shape index (κ2) is 6.99. The van der Waals surface area contributed by atoms with Gasteiger partial charge in [0.25, 0.3) is 0 Å². The van der Waals surface area contributed by atoms with Gasteiger partial charge in [-0.2, -0.15) is 0 Å². The first-order chi connectivity index (χ1) is 12.3. The molecule has 2 nitrogen and oxygen atoms in total. The summed E-state index contributed by atoms with van der Waals surface area (Å²) in [5.41, 5.74) is 1.09. The Hall–Kier alpha value is 0.330. The molecule has 26 heavy (non-hydrogen) atoms. The molecule has 0 N–H and O–H groups in total. The van der Waals surface area contributed by atoms with Crippen molar-refractivity contribution in [3.63, 3.8) is 0 Å². The lowest BCUT2D eigenvalue weighted by atomic mass is 9.46. The van der Waals surface area contributed by atoms with E-state index in [1.807, 2.05) is 6.08 Å². The smallest absolute Gasteiger partial charge is 0.155 e. The Bertz CT molecular complexity index is 751. The van der Waals surface area contributed by atoms with Gasteiger partial charge in [0, 0.05) is 62.3 Å². The van der Waals surface area contributed by atoms with Crippen LogP contribution in [-0.2, 0) is 9.59 Å². The zero-order valence-electron chi connectivity index (χ0n) is 14.9. The van der Waals surface area contributed by atoms with Gasteiger partial charge in [0.15, 0.2) is 5.78 Å². The fourth-order valence-corrected chi connectivity index (χ4v) is 8.72. The molecule has 0 bridgehead atoms. The minimum absolute atomic E-state index is 0.0118. The fraction of sp³-hybridized carbons (Fsp3) is 0.714. The molecule has 3 saturated carbocycles. The van der Waals surface area contributed by atoms with Crippen molar-refractivity contribution >= 4 is 66.0 Å². The van der Waals surface area contributed by atoms with E-state index in [0.29, 0.717) is 30.0 Å². The number of alkyl halides is 2. The van der Waals surface area contributed by atoms with Crippen LogP contribution in [0.5, 0.6) is 0 Å². The van der Waals surface area contributed by atoms with Crippen molar-refractivity contribution in [1.29, 1.82) is 0 Å². The van der Waals surface area contributed by atoms with Crippen LogP contribution in [0.1, 0.15) is 51.9 Å². The monoisotopic (exact) mass is 592 g/mol. The number of allylic oxidation sites excluding steroid dienone is 1. The zero-order valence-corrected chi connectivity index (χ0v) is 20.2. The number of halogens is 3. The highest BCUT2D eigenvalue weighted by atomic mass is 127. The van der Waals surface area contributed by atoms with E-state index < -0.39 is 0 Å². The maximum Gasteiger partial charge on any atom is 0.155 e. The average molecular weight is 594 g/mol. The molecule has 0 saturated heterocycles. The second-order valence-corrected chi connectivity index (χ2v) is 11.3. The summed E-state index contributed by atoms with van der Waals surface area (Å²) in [6.07, 6.45) is 8.09. The fourth-order valence-electron chi connectivity index (χ4n) is 6.57. The Morgan fingerprint density at radius 2 is 1.96 bits per heavy atom. The van der Waals surface area contributed by atoms with Crippen molar-refractivity contribution in [2.45, 2.75) is 61.5 Å². The SMILES string of the molecule is C[C@]12CC[C@H]3[C@@H]([C@H](Br)[C@@H](Br)C4=CC(=O)CC[C@@]43CC#CI)[C@@H]1CCC2=O. The number of fused-ring (bicyclic) bond motifs is 5. The van der Waals surface area contributed by atoms with Crippen LogP contribution >= 0.6 is 54.5 Å². The van der Waals surface area contributed by atoms with Crippen molar-refractivity contribution in [2.24, 2.45) is 28.6 Å². The summed E-state index contributed by atoms with van der Waals surface area (Å²) in [5, 5.41) is 0. The van der Waals surface area contributed by atoms with E-state index in [1.165, 1.54) is 5.57 Å². The molecule has 5 heteroatoms. The van der Waals surface area contributed by atoms with Gasteiger partial charge in [0.2, 0.25) is 0 Å². The van der Waals surface area contributed by atoms with Gasteiger partial charge in [-0.05, 0) is 59.0 Å². The van der Waals surface area contributed by atoms with E-state index in [0.717, 1.165) is 38.5 Å². The quantitative estimate of drug-likeness (QED) is 0.225. The van der Waals surface area contributed by atoms with Gasteiger partial charge in [0.1, 0.15) is 5.78 Å². The third kappa shape index (κ3) is 2.68. The topological polar surface area (TPSA) is 34.1 Å². The normalized spacial score (nSPS) is 47.2. The third-order valence-electron chi connectivity index (χ3n) is 7.88. The number of Topliss-reactive ketones (excluding diaryl/α,β-unsaturated/α-hetero) is 1. The van der Waals surface area contributed by atoms with E-state index in [2.05, 4.69) is 71.2 Å². The molecule has 7 atom stereocenters. The van der Waals surface area contributed by atoms with Crippen molar-refractivity contribution < 1.29 is 9.59 Å². The summed E-state index contributed by atoms with van der Waals surface area (Å²) in [7, 11) is 0. The first-order valence-corrected chi connectivity index (χ1v) is 12.4. The maximum absolute atomic E-state index is 12.7. The highest BCUT2D eigenvalue weighted by molar-refractivity contribution is 14.1. The Labute approximate surface area is 186 Å². The van der Waals surface area contributed by atoms with Crippen molar-refractivity contribution in [3.8, 4) is 9.85 Å². The van der Waals surface area contributed by atoms with Crippen LogP contribution in [0.15, 0.2) is 11.6 Å². The van der Waals surface area contributed by atoms with Crippen LogP contribution in [0, 0.1) is 38.4 Å². The zero-order chi connectivity index (χ0) is 18.7. The lowest BCUT2D eigenvalue weighted by molar-refractivity contribution is -0.132. The van der Waals surface area contributed by atoms with E-state index in [-0.39, 0.29) is 26.3 Å². The lowest BCUT2D eigenvalue weighted by Crippen LogP contribution is -2.58. The van der Waals surface area contributed by atoms with Crippen molar-refractivity contribution in [1.82, 2.24) is 0 Å². The summed E-state index contributed by atoms with van der Waals surface area (Å²) >= 11 is 10.1. The van der Waals surface area contributed by atoms with Crippen LogP contribution in [-0.4, -0.2) is 21.2 Å². The number of carbonyl (C=O) groups is 2. The molecule has 0 spiro atoms. The largest absolute Gasteiger partial charge is 0.299 e. The minimum atomic E-state index is -0.151. The lowest BCUT2D eigenvalue weighted by Gasteiger charge is -2.60. The van der Waals surface area contributed by atoms with E-state index in [9.17, 15) is 9.59 Å². The van der Waals surface area contributed by atoms with E-state index >= 15 is 0 Å². The van der Waals surface area contributed by atoms with Gasteiger partial charge in [-0.3, -0.25) is 9.59 Å². The molecule has 0 heterocycles. The van der Waals surface area contributed by atoms with E-state index in [1.54, 1.807) is 0 Å². The van der Waals surface area contributed by atoms with Crippen molar-refractivity contribution in [3.05, 3.63) is 11.6 Å². The molecule has 0 radical (unpaired) electrons. The number of hydrogen-bond donors (Lipinski definition) is 0. The number of carbonyl (C=O) groups excluding carboxylic acids is 2. The van der Waals surface area contributed by atoms with Crippen LogP contribution in [0.2, 0.25) is 0 Å². The predicted molar refractivity (Wildman–Crippen MR) is 119 cm³/mol. The van der Waals surface area contributed by atoms with Crippen LogP contribution < -0.4 is 0 Å². The molecule has 0 amide bonds. The molecular formula is C21H23Br2IO2. The van der Waals surface area contributed by atoms with Crippen LogP contribution in [0.25, 0.3) is 0 Å². The molecule has 0 aromatic carbocycles. The number of rotatable bonds is 1. The minimum Gasteiger partial charge on any atom is -0.299 e. The molecule has 140 valence electrons. The Balaban J connectivity index is 1.83.